The van der Waals surface area contributed by atoms with Gasteiger partial charge in [0, 0.05) is 292 Å². The van der Waals surface area contributed by atoms with E-state index in [1.54, 1.807) is 104 Å². The third-order valence-corrected chi connectivity index (χ3v) is 15.4. The number of rotatable bonds is 10. The number of aromatic nitrogens is 14. The van der Waals surface area contributed by atoms with Crippen molar-refractivity contribution >= 4 is 5.69 Å². The van der Waals surface area contributed by atoms with Crippen LogP contribution in [0.3, 0.4) is 0 Å². The minimum atomic E-state index is -4.38. The predicted molar refractivity (Wildman–Crippen MR) is 393 cm³/mol. The molecular formula is C84H66F6Ir7N15-7. The molecule has 0 atom stereocenters. The van der Waals surface area contributed by atoms with Crippen LogP contribution in [0.5, 0.6) is 0 Å². The van der Waals surface area contributed by atoms with Crippen LogP contribution >= 0.6 is 0 Å². The minimum absolute atomic E-state index is 0. The van der Waals surface area contributed by atoms with Crippen molar-refractivity contribution in [3.05, 3.63) is 369 Å². The first-order chi connectivity index (χ1) is 50.9. The van der Waals surface area contributed by atoms with Crippen molar-refractivity contribution in [2.45, 2.75) is 19.6 Å². The van der Waals surface area contributed by atoms with Gasteiger partial charge in [-0.1, -0.05) is 67.1 Å². The average molecular weight is 2750 g/mol. The van der Waals surface area contributed by atoms with Crippen molar-refractivity contribution in [3.63, 3.8) is 0 Å². The number of benzene rings is 9. The molecule has 0 aliphatic rings. The molecule has 28 heteroatoms. The number of hydrogen-bond donors (Lipinski definition) is 0. The molecule has 112 heavy (non-hydrogen) atoms. The van der Waals surface area contributed by atoms with Gasteiger partial charge in [-0.15, -0.1) is 203 Å². The van der Waals surface area contributed by atoms with Gasteiger partial charge in [-0.05, 0) is 23.3 Å². The first-order valence-electron chi connectivity index (χ1n) is 32.4. The van der Waals surface area contributed by atoms with E-state index >= 15 is 0 Å². The molecule has 0 aliphatic carbocycles. The Labute approximate surface area is 741 Å². The van der Waals surface area contributed by atoms with E-state index in [9.17, 15) is 26.3 Å². The van der Waals surface area contributed by atoms with Crippen molar-refractivity contribution in [2.24, 2.45) is 35.2 Å². The van der Waals surface area contributed by atoms with Gasteiger partial charge in [0.1, 0.15) is 5.69 Å². The number of halogens is 6. The topological polar surface area (TPSA) is 129 Å². The summed E-state index contributed by atoms with van der Waals surface area (Å²) in [6.45, 7) is 9.36. The van der Waals surface area contributed by atoms with Crippen molar-refractivity contribution in [1.29, 1.82) is 0 Å². The SMILES string of the molecule is Cc1cc(-c2nccn2C)[c-]c(C(F)(F)F)c1.Cn1ccnc1-c1[c-]cc(F)cc1.Cn1ccnc1-c1[c-]cc(F)cc1F.Cn1ccnc1-c1[c-]cccc1.[C-]#[N+]c1cc[c-]c(-c2nccn2C)c1.[Ir].[Ir].[Ir].[Ir].[Ir].[Ir].[Ir].[c-]1ccccc1-c1nccn1-c1ccccc1.[c-]1ccccc1-c1nccn1Cc1ccccc1. The van der Waals surface area contributed by atoms with Gasteiger partial charge in [0.2, 0.25) is 0 Å². The summed E-state index contributed by atoms with van der Waals surface area (Å²) in [4.78, 5) is 32.7. The Morgan fingerprint density at radius 3 is 1.27 bits per heavy atom. The molecule has 0 fully saturated rings. The van der Waals surface area contributed by atoms with Crippen molar-refractivity contribution in [3.8, 4) is 85.4 Å². The van der Waals surface area contributed by atoms with Crippen LogP contribution in [0.2, 0.25) is 0 Å². The van der Waals surface area contributed by atoms with Crippen molar-refractivity contribution < 1.29 is 167 Å². The summed E-state index contributed by atoms with van der Waals surface area (Å²) in [5, 5.41) is 0. The molecule has 0 saturated heterocycles. The van der Waals surface area contributed by atoms with Gasteiger partial charge in [0.15, 0.2) is 0 Å². The molecule has 7 radical (unpaired) electrons. The maximum Gasteiger partial charge on any atom is 0.399 e. The zero-order chi connectivity index (χ0) is 74.1. The number of imidazole rings is 7. The monoisotopic (exact) mass is 2750 g/mol. The van der Waals surface area contributed by atoms with Gasteiger partial charge < -0.3 is 32.0 Å². The molecule has 0 unspecified atom stereocenters. The smallest absolute Gasteiger partial charge is 0.373 e. The largest absolute Gasteiger partial charge is 0.399 e. The molecular weight excluding hydrogens is 2680 g/mol. The van der Waals surface area contributed by atoms with Gasteiger partial charge >= 0.3 is 6.18 Å². The maximum atomic E-state index is 13.3. The number of nitrogens with zero attached hydrogens (tertiary/aromatic N) is 15. The van der Waals surface area contributed by atoms with E-state index < -0.39 is 23.4 Å². The van der Waals surface area contributed by atoms with Gasteiger partial charge in [0.25, 0.3) is 0 Å². The Kier molecular flexibility index (Phi) is 42.4. The van der Waals surface area contributed by atoms with Gasteiger partial charge in [-0.25, -0.2) is 0 Å². The fourth-order valence-corrected chi connectivity index (χ4v) is 10.3. The normalized spacial score (nSPS) is 9.85. The van der Waals surface area contributed by atoms with Crippen LogP contribution in [-0.4, -0.2) is 66.9 Å². The molecule has 0 aliphatic heterocycles. The summed E-state index contributed by atoms with van der Waals surface area (Å²) in [6, 6.07) is 78.8. The van der Waals surface area contributed by atoms with Crippen molar-refractivity contribution in [1.82, 2.24) is 66.9 Å². The molecule has 0 spiro atoms. The summed E-state index contributed by atoms with van der Waals surface area (Å²) in [5.41, 5.74) is 8.00. The molecule has 589 valence electrons. The van der Waals surface area contributed by atoms with E-state index in [1.807, 2.05) is 175 Å². The average Bonchev–Trinajstić information content (AvgIpc) is 1.06. The molecule has 0 saturated carbocycles. The summed E-state index contributed by atoms with van der Waals surface area (Å²) in [5.74, 6) is 3.78. The third kappa shape index (κ3) is 28.0. The zero-order valence-corrected chi connectivity index (χ0v) is 76.8. The maximum absolute atomic E-state index is 13.3. The predicted octanol–water partition coefficient (Wildman–Crippen LogP) is 18.5. The molecule has 16 rings (SSSR count). The van der Waals surface area contributed by atoms with E-state index in [4.69, 9.17) is 6.57 Å². The summed E-state index contributed by atoms with van der Waals surface area (Å²) in [7, 11) is 9.24. The number of alkyl halides is 3. The number of para-hydroxylation sites is 1. The van der Waals surface area contributed by atoms with Crippen LogP contribution in [0.15, 0.2) is 281 Å². The van der Waals surface area contributed by atoms with Gasteiger partial charge in [-0.2, -0.15) is 19.2 Å². The Balaban J connectivity index is 0.000000336. The van der Waals surface area contributed by atoms with E-state index in [0.717, 1.165) is 87.4 Å². The molecule has 16 aromatic rings. The minimum Gasteiger partial charge on any atom is -0.373 e. The van der Waals surface area contributed by atoms with E-state index in [2.05, 4.69) is 128 Å². The Hall–Kier alpha value is -8.93. The first-order valence-corrected chi connectivity index (χ1v) is 32.4. The van der Waals surface area contributed by atoms with Crippen LogP contribution in [0.1, 0.15) is 16.7 Å². The van der Waals surface area contributed by atoms with Crippen molar-refractivity contribution in [2.75, 3.05) is 0 Å². The molecule has 0 N–H and O–H groups in total. The second kappa shape index (κ2) is 48.9. The first kappa shape index (κ1) is 97.3. The molecule has 7 heterocycles. The Morgan fingerprint density at radius 2 is 0.804 bits per heavy atom. The Morgan fingerprint density at radius 1 is 0.384 bits per heavy atom. The molecule has 9 aromatic carbocycles. The zero-order valence-electron chi connectivity index (χ0n) is 60.1. The van der Waals surface area contributed by atoms with Crippen LogP contribution in [0.25, 0.3) is 90.2 Å². The number of hydrogen-bond acceptors (Lipinski definition) is 7. The standard InChI is InChI=1S/C16H13N2.C15H11N2.C12H10F3N2.C11H8N3.C10H7F2N2.C10H8FN2.C10H9N2.7Ir/c1-3-7-14(8-4-1)13-18-12-11-17-16(18)15-9-5-2-6-10-15;1-3-7-13(8-4-1)15-16-11-12-17(15)14-9-5-2-6-10-14;1-8-5-9(11-16-3-4-17(11)2)7-10(6-8)12(13,14)15;1-12-10-5-3-4-9(8-10)11-13-6-7-14(11)2;1-14-5-4-13-10(14)8-3-2-7(11)6-9(8)12;1-13-7-6-12-10(13)8-2-4-9(11)5-3-8;1-12-8-7-11-10(12)9-5-3-2-4-6-9;;;;;;;/h1-9,11-12H,13H2;1-7,9-12H;3-6H,1-2H3;3,5-8H,2H3;2,4-6H,1H3;2,4-7H,1H3;2-5,7-8H,1H3;;;;;;;/q7*-1;;;;;;;. The number of aryl methyl sites for hydroxylation is 6. The van der Waals surface area contributed by atoms with E-state index in [0.29, 0.717) is 28.5 Å². The van der Waals surface area contributed by atoms with Gasteiger partial charge in [0.05, 0.1) is 47.3 Å². The summed E-state index contributed by atoms with van der Waals surface area (Å²) in [6.07, 6.45) is 20.5. The Bertz CT molecular complexity index is 5330. The second-order valence-corrected chi connectivity index (χ2v) is 23.0. The molecule has 15 nitrogen and oxygen atoms in total. The van der Waals surface area contributed by atoms with Gasteiger partial charge in [-0.3, -0.25) is 52.9 Å². The summed E-state index contributed by atoms with van der Waals surface area (Å²) < 4.78 is 89.6. The third-order valence-electron chi connectivity index (χ3n) is 15.4. The molecule has 7 aromatic heterocycles. The molecule has 0 bridgehead atoms. The summed E-state index contributed by atoms with van der Waals surface area (Å²) >= 11 is 0. The molecule has 0 amide bonds. The van der Waals surface area contributed by atoms with Crippen LogP contribution in [-0.2, 0) is 189 Å². The fourth-order valence-electron chi connectivity index (χ4n) is 10.3. The second-order valence-electron chi connectivity index (χ2n) is 23.0. The fraction of sp³-hybridized carbons (Fsp3) is 0.0952. The van der Waals surface area contributed by atoms with Crippen LogP contribution < -0.4 is 0 Å². The van der Waals surface area contributed by atoms with Crippen LogP contribution in [0, 0.1) is 73.4 Å². The quantitative estimate of drug-likeness (QED) is 0.0985. The van der Waals surface area contributed by atoms with E-state index in [-0.39, 0.29) is 152 Å². The van der Waals surface area contributed by atoms with E-state index in [1.165, 1.54) is 17.7 Å². The van der Waals surface area contributed by atoms with Crippen LogP contribution in [0.4, 0.5) is 32.0 Å².